The van der Waals surface area contributed by atoms with Crippen molar-refractivity contribution in [1.29, 1.82) is 0 Å². The van der Waals surface area contributed by atoms with Gasteiger partial charge in [-0.2, -0.15) is 4.31 Å². The lowest BCUT2D eigenvalue weighted by atomic mass is 10.2. The maximum absolute atomic E-state index is 13.0. The normalized spacial score (nSPS) is 15.6. The van der Waals surface area contributed by atoms with Crippen LogP contribution in [0.4, 0.5) is 5.69 Å². The summed E-state index contributed by atoms with van der Waals surface area (Å²) in [4.78, 5) is 2.56. The summed E-state index contributed by atoms with van der Waals surface area (Å²) < 4.78 is 38.2. The maximum Gasteiger partial charge on any atom is 0.243 e. The Labute approximate surface area is 161 Å². The largest absolute Gasteiger partial charge is 0.493 e. The molecule has 0 atom stereocenters. The quantitative estimate of drug-likeness (QED) is 0.786. The molecule has 1 saturated heterocycles. The van der Waals surface area contributed by atoms with Crippen molar-refractivity contribution in [2.45, 2.75) is 18.7 Å². The number of anilines is 1. The number of methoxy groups -OCH3 is 2. The summed E-state index contributed by atoms with van der Waals surface area (Å²) in [7, 11) is -0.264. The molecule has 1 aliphatic rings. The molecule has 1 aliphatic heterocycles. The van der Waals surface area contributed by atoms with E-state index in [2.05, 4.69) is 4.90 Å². The molecule has 0 unspecified atom stereocenters. The Morgan fingerprint density at radius 2 is 1.52 bits per heavy atom. The van der Waals surface area contributed by atoms with Crippen molar-refractivity contribution in [3.05, 3.63) is 47.5 Å². The lowest BCUT2D eigenvalue weighted by Crippen LogP contribution is -2.48. The first-order valence-corrected chi connectivity index (χ1v) is 10.3. The van der Waals surface area contributed by atoms with Gasteiger partial charge in [-0.15, -0.1) is 0 Å². The predicted molar refractivity (Wildman–Crippen MR) is 106 cm³/mol. The zero-order chi connectivity index (χ0) is 19.6. The topological polar surface area (TPSA) is 59.1 Å². The molecule has 2 aromatic rings. The van der Waals surface area contributed by atoms with Crippen molar-refractivity contribution >= 4 is 15.7 Å². The lowest BCUT2D eigenvalue weighted by Gasteiger charge is -2.35. The molecule has 0 N–H and O–H groups in total. The average Bonchev–Trinajstić information content (AvgIpc) is 2.67. The molecule has 0 spiro atoms. The van der Waals surface area contributed by atoms with Crippen molar-refractivity contribution < 1.29 is 17.9 Å². The number of rotatable bonds is 5. The molecule has 1 heterocycles. The van der Waals surface area contributed by atoms with Crippen LogP contribution < -0.4 is 14.4 Å². The van der Waals surface area contributed by atoms with Crippen LogP contribution in [0.1, 0.15) is 11.1 Å². The molecule has 0 saturated carbocycles. The van der Waals surface area contributed by atoms with Gasteiger partial charge in [0.1, 0.15) is 0 Å². The Morgan fingerprint density at radius 3 is 2.11 bits per heavy atom. The molecule has 3 rings (SSSR count). The number of hydrogen-bond acceptors (Lipinski definition) is 5. The van der Waals surface area contributed by atoms with Gasteiger partial charge < -0.3 is 14.4 Å². The minimum atomic E-state index is -3.48. The number of sulfonamides is 1. The molecule has 0 aromatic heterocycles. The molecular formula is C20H26N2O4S. The zero-order valence-electron chi connectivity index (χ0n) is 16.2. The smallest absolute Gasteiger partial charge is 0.243 e. The van der Waals surface area contributed by atoms with E-state index >= 15 is 0 Å². The van der Waals surface area contributed by atoms with Crippen molar-refractivity contribution in [3.8, 4) is 11.5 Å². The van der Waals surface area contributed by atoms with Gasteiger partial charge in [0.2, 0.25) is 10.0 Å². The minimum Gasteiger partial charge on any atom is -0.493 e. The van der Waals surface area contributed by atoms with Gasteiger partial charge >= 0.3 is 0 Å². The van der Waals surface area contributed by atoms with Crippen LogP contribution in [0.15, 0.2) is 41.3 Å². The molecule has 2 aromatic carbocycles. The molecule has 0 bridgehead atoms. The van der Waals surface area contributed by atoms with E-state index in [0.29, 0.717) is 42.6 Å². The summed E-state index contributed by atoms with van der Waals surface area (Å²) >= 11 is 0. The summed E-state index contributed by atoms with van der Waals surface area (Å²) in [5.41, 5.74) is 2.85. The highest BCUT2D eigenvalue weighted by Gasteiger charge is 2.29. The third-order valence-electron chi connectivity index (χ3n) is 4.92. The van der Waals surface area contributed by atoms with Crippen molar-refractivity contribution in [2.24, 2.45) is 0 Å². The second-order valence-corrected chi connectivity index (χ2v) is 8.61. The van der Waals surface area contributed by atoms with E-state index in [0.717, 1.165) is 16.8 Å². The van der Waals surface area contributed by atoms with Crippen LogP contribution in [-0.4, -0.2) is 53.1 Å². The first-order valence-electron chi connectivity index (χ1n) is 8.91. The Balaban J connectivity index is 1.75. The molecule has 0 amide bonds. The monoisotopic (exact) mass is 390 g/mol. The van der Waals surface area contributed by atoms with Crippen molar-refractivity contribution in [3.63, 3.8) is 0 Å². The summed E-state index contributed by atoms with van der Waals surface area (Å²) in [6.07, 6.45) is 0. The van der Waals surface area contributed by atoms with E-state index in [-0.39, 0.29) is 0 Å². The number of aryl methyl sites for hydroxylation is 2. The Hall–Kier alpha value is -2.25. The minimum absolute atomic E-state index is 0.396. The van der Waals surface area contributed by atoms with Gasteiger partial charge in [-0.25, -0.2) is 8.42 Å². The fourth-order valence-corrected chi connectivity index (χ4v) is 5.06. The highest BCUT2D eigenvalue weighted by atomic mass is 32.2. The lowest BCUT2D eigenvalue weighted by molar-refractivity contribution is 0.354. The molecule has 27 heavy (non-hydrogen) atoms. The number of nitrogens with zero attached hydrogens (tertiary/aromatic N) is 2. The van der Waals surface area contributed by atoms with Gasteiger partial charge in [0.15, 0.2) is 11.5 Å². The summed E-state index contributed by atoms with van der Waals surface area (Å²) in [5, 5.41) is 0. The van der Waals surface area contributed by atoms with Gasteiger partial charge in [-0.3, -0.25) is 0 Å². The molecular weight excluding hydrogens is 364 g/mol. The van der Waals surface area contributed by atoms with Crippen LogP contribution in [0, 0.1) is 13.8 Å². The van der Waals surface area contributed by atoms with Crippen LogP contribution in [0.5, 0.6) is 11.5 Å². The Kier molecular flexibility index (Phi) is 5.62. The molecule has 0 radical (unpaired) electrons. The van der Waals surface area contributed by atoms with E-state index in [9.17, 15) is 8.42 Å². The van der Waals surface area contributed by atoms with Crippen LogP contribution in [0.25, 0.3) is 0 Å². The van der Waals surface area contributed by atoms with Crippen LogP contribution in [-0.2, 0) is 10.0 Å². The van der Waals surface area contributed by atoms with E-state index in [1.54, 1.807) is 24.6 Å². The first-order chi connectivity index (χ1) is 12.9. The maximum atomic E-state index is 13.0. The fraction of sp³-hybridized carbons (Fsp3) is 0.400. The van der Waals surface area contributed by atoms with E-state index in [1.165, 1.54) is 0 Å². The van der Waals surface area contributed by atoms with Crippen molar-refractivity contribution in [2.75, 3.05) is 45.3 Å². The summed E-state index contributed by atoms with van der Waals surface area (Å²) in [5.74, 6) is 1.35. The molecule has 146 valence electrons. The first kappa shape index (κ1) is 19.5. The number of ether oxygens (including phenoxy) is 2. The number of piperazine rings is 1. The van der Waals surface area contributed by atoms with E-state index in [4.69, 9.17) is 9.47 Å². The Bertz CT molecular complexity index is 920. The summed E-state index contributed by atoms with van der Waals surface area (Å²) in [6, 6.07) is 11.2. The fourth-order valence-electron chi connectivity index (χ4n) is 3.44. The van der Waals surface area contributed by atoms with Gasteiger partial charge in [-0.05, 0) is 37.6 Å². The molecule has 0 aliphatic carbocycles. The van der Waals surface area contributed by atoms with Crippen molar-refractivity contribution in [1.82, 2.24) is 4.31 Å². The van der Waals surface area contributed by atoms with Gasteiger partial charge in [0.25, 0.3) is 0 Å². The van der Waals surface area contributed by atoms with Crippen LogP contribution in [0.3, 0.4) is 0 Å². The highest BCUT2D eigenvalue weighted by Crippen LogP contribution is 2.32. The highest BCUT2D eigenvalue weighted by molar-refractivity contribution is 7.89. The number of hydrogen-bond donors (Lipinski definition) is 0. The van der Waals surface area contributed by atoms with Gasteiger partial charge in [-0.1, -0.05) is 17.7 Å². The molecule has 6 nitrogen and oxygen atoms in total. The third kappa shape index (κ3) is 3.89. The summed E-state index contributed by atoms with van der Waals surface area (Å²) in [6.45, 7) is 5.96. The van der Waals surface area contributed by atoms with E-state index < -0.39 is 10.0 Å². The second kappa shape index (κ2) is 7.78. The average molecular weight is 391 g/mol. The van der Waals surface area contributed by atoms with Crippen LogP contribution >= 0.6 is 0 Å². The zero-order valence-corrected chi connectivity index (χ0v) is 17.0. The molecule has 7 heteroatoms. The second-order valence-electron chi connectivity index (χ2n) is 6.70. The van der Waals surface area contributed by atoms with Gasteiger partial charge in [0.05, 0.1) is 19.1 Å². The number of benzene rings is 2. The third-order valence-corrected chi connectivity index (χ3v) is 6.98. The predicted octanol–water partition coefficient (Wildman–Crippen LogP) is 2.83. The SMILES string of the molecule is COc1ccc(N2CCN(S(=O)(=O)c3ccc(C)cc3C)CC2)cc1OC. The Morgan fingerprint density at radius 1 is 0.852 bits per heavy atom. The van der Waals surface area contributed by atoms with Crippen LogP contribution in [0.2, 0.25) is 0 Å². The van der Waals surface area contributed by atoms with E-state index in [1.807, 2.05) is 44.2 Å². The van der Waals surface area contributed by atoms with Gasteiger partial charge in [0, 0.05) is 37.9 Å². The standard InChI is InChI=1S/C20H26N2O4S/c1-15-5-8-20(16(2)13-15)27(23,24)22-11-9-21(10-12-22)17-6-7-18(25-3)19(14-17)26-4/h5-8,13-14H,9-12H2,1-4H3. The molecule has 1 fully saturated rings.